The van der Waals surface area contributed by atoms with Crippen molar-refractivity contribution in [1.29, 1.82) is 0 Å². The Morgan fingerprint density at radius 1 is 0.776 bits per heavy atom. The van der Waals surface area contributed by atoms with Crippen LogP contribution in [-0.2, 0) is 36.8 Å². The fraction of sp³-hybridized carbons (Fsp3) is 0.273. The topological polar surface area (TPSA) is 214 Å². The van der Waals surface area contributed by atoms with Crippen LogP contribution in [0.4, 0.5) is 4.79 Å². The molecular weight excluding hydrogens is 720 g/mol. The lowest BCUT2D eigenvalue weighted by atomic mass is 10.0. The number of nitrogens with one attached hydrogen (secondary N) is 3. The predicted molar refractivity (Wildman–Crippen MR) is 189 cm³/mol. The van der Waals surface area contributed by atoms with Gasteiger partial charge in [-0.25, -0.2) is 14.4 Å². The molecule has 262 valence electrons. The van der Waals surface area contributed by atoms with Gasteiger partial charge in [0.2, 0.25) is 5.91 Å². The van der Waals surface area contributed by atoms with Crippen molar-refractivity contribution < 1.29 is 38.2 Å². The summed E-state index contributed by atoms with van der Waals surface area (Å²) in [5, 5.41) is 5.34. The number of aliphatic imine (C=N–C) groups is 1. The smallest absolute Gasteiger partial charge is 0.408 e. The molecule has 49 heavy (non-hydrogen) atoms. The summed E-state index contributed by atoms with van der Waals surface area (Å²) in [5.74, 6) is -2.76. The number of carbonyl (C=O) groups is 5. The average Bonchev–Trinajstić information content (AvgIpc) is 3.10. The lowest BCUT2D eigenvalue weighted by Gasteiger charge is -2.23. The van der Waals surface area contributed by atoms with Crippen LogP contribution in [0.15, 0.2) is 88.8 Å². The lowest BCUT2D eigenvalue weighted by molar-refractivity contribution is -0.129. The Kier molecular flexibility index (Phi) is 17.2. The number of amides is 3. The Hall–Kier alpha value is -5.09. The molecule has 0 aliphatic heterocycles. The van der Waals surface area contributed by atoms with Crippen LogP contribution in [0.5, 0.6) is 0 Å². The highest BCUT2D eigenvalue weighted by molar-refractivity contribution is 8.93. The van der Waals surface area contributed by atoms with Crippen LogP contribution in [0.1, 0.15) is 44.7 Å². The molecule has 0 aliphatic rings. The second-order valence-corrected chi connectivity index (χ2v) is 11.1. The molecule has 3 rings (SSSR count). The van der Waals surface area contributed by atoms with Crippen molar-refractivity contribution in [3.63, 3.8) is 0 Å². The van der Waals surface area contributed by atoms with Crippen molar-refractivity contribution in [2.24, 2.45) is 16.5 Å². The molecule has 3 amide bonds. The van der Waals surface area contributed by atoms with E-state index in [4.69, 9.17) is 25.7 Å². The number of halogens is 1. The fourth-order valence-electron chi connectivity index (χ4n) is 4.32. The van der Waals surface area contributed by atoms with Crippen molar-refractivity contribution in [2.45, 2.75) is 42.8 Å². The third-order valence-electron chi connectivity index (χ3n) is 6.70. The first-order valence-corrected chi connectivity index (χ1v) is 15.6. The Balaban J connectivity index is 0.00000833. The minimum absolute atomic E-state index is 0. The van der Waals surface area contributed by atoms with E-state index in [1.807, 2.05) is 24.3 Å². The van der Waals surface area contributed by atoms with Crippen LogP contribution in [0.2, 0.25) is 0 Å². The van der Waals surface area contributed by atoms with Crippen LogP contribution in [0, 0.1) is 0 Å². The first-order chi connectivity index (χ1) is 23.1. The minimum atomic E-state index is -1.10. The van der Waals surface area contributed by atoms with E-state index in [1.165, 1.54) is 32.4 Å². The summed E-state index contributed by atoms with van der Waals surface area (Å²) in [7, 11) is 2.39. The Labute approximate surface area is 298 Å². The van der Waals surface area contributed by atoms with Gasteiger partial charge in [0.25, 0.3) is 5.91 Å². The quantitative estimate of drug-likeness (QED) is 0.0358. The maximum absolute atomic E-state index is 13.7. The van der Waals surface area contributed by atoms with E-state index >= 15 is 0 Å². The summed E-state index contributed by atoms with van der Waals surface area (Å²) in [6.45, 7) is 0.185. The largest absolute Gasteiger partial charge is 0.465 e. The van der Waals surface area contributed by atoms with Crippen LogP contribution in [0.3, 0.4) is 0 Å². The molecule has 0 saturated carbocycles. The average molecular weight is 760 g/mol. The molecule has 14 nitrogen and oxygen atoms in total. The summed E-state index contributed by atoms with van der Waals surface area (Å²) in [6.07, 6.45) is -0.255. The van der Waals surface area contributed by atoms with Gasteiger partial charge in [-0.2, -0.15) is 0 Å². The van der Waals surface area contributed by atoms with E-state index in [0.29, 0.717) is 11.3 Å². The van der Waals surface area contributed by atoms with Crippen LogP contribution < -0.4 is 26.8 Å². The third-order valence-corrected chi connectivity index (χ3v) is 7.48. The highest BCUT2D eigenvalue weighted by Gasteiger charge is 2.28. The summed E-state index contributed by atoms with van der Waals surface area (Å²) < 4.78 is 17.5. The molecule has 7 N–H and O–H groups in total. The lowest BCUT2D eigenvalue weighted by Crippen LogP contribution is -2.54. The van der Waals surface area contributed by atoms with Crippen LogP contribution in [0.25, 0.3) is 0 Å². The van der Waals surface area contributed by atoms with Crippen molar-refractivity contribution in [3.05, 3.63) is 101 Å². The van der Waals surface area contributed by atoms with Gasteiger partial charge in [0.15, 0.2) is 5.96 Å². The molecule has 0 heterocycles. The molecule has 0 aromatic heterocycles. The molecule has 0 unspecified atom stereocenters. The Morgan fingerprint density at radius 2 is 1.35 bits per heavy atom. The monoisotopic (exact) mass is 758 g/mol. The van der Waals surface area contributed by atoms with Gasteiger partial charge >= 0.3 is 18.0 Å². The zero-order valence-corrected chi connectivity index (χ0v) is 29.4. The number of benzene rings is 3. The number of guanidine groups is 1. The van der Waals surface area contributed by atoms with E-state index in [1.54, 1.807) is 36.4 Å². The minimum Gasteiger partial charge on any atom is -0.465 e. The van der Waals surface area contributed by atoms with Crippen molar-refractivity contribution in [1.82, 2.24) is 15.4 Å². The zero-order chi connectivity index (χ0) is 34.9. The number of rotatable bonds is 16. The molecular formula is C33H39BrN6O8S. The second kappa shape index (κ2) is 21.0. The number of nitrogens with two attached hydrogens (primary N) is 2. The second-order valence-electron chi connectivity index (χ2n) is 10.3. The van der Waals surface area contributed by atoms with Crippen LogP contribution >= 0.6 is 28.9 Å². The summed E-state index contributed by atoms with van der Waals surface area (Å²) in [4.78, 5) is 68.5. The summed E-state index contributed by atoms with van der Waals surface area (Å²) in [5.41, 5.74) is 12.5. The van der Waals surface area contributed by atoms with Gasteiger partial charge in [-0.3, -0.25) is 19.3 Å². The normalized spacial score (nSPS) is 11.4. The number of alkyl carbamates (subject to hydrolysis) is 1. The van der Waals surface area contributed by atoms with Gasteiger partial charge in [0.1, 0.15) is 18.7 Å². The fourth-order valence-corrected chi connectivity index (χ4v) is 5.05. The number of hydrogen-bond donors (Lipinski definition) is 5. The molecule has 0 radical (unpaired) electrons. The van der Waals surface area contributed by atoms with Crippen molar-refractivity contribution >= 4 is 64.7 Å². The van der Waals surface area contributed by atoms with Gasteiger partial charge in [0, 0.05) is 17.9 Å². The predicted octanol–water partition coefficient (Wildman–Crippen LogP) is 3.04. The highest BCUT2D eigenvalue weighted by atomic mass is 79.9. The van der Waals surface area contributed by atoms with E-state index in [2.05, 4.69) is 20.3 Å². The third kappa shape index (κ3) is 13.9. The maximum Gasteiger partial charge on any atom is 0.408 e. The van der Waals surface area contributed by atoms with Crippen molar-refractivity contribution in [3.8, 4) is 0 Å². The molecule has 2 atom stereocenters. The first kappa shape index (κ1) is 40.1. The van der Waals surface area contributed by atoms with Gasteiger partial charge in [-0.15, -0.1) is 17.0 Å². The SMILES string of the molecule is Br.COC(=O)c1cc(SNC(=O)[C@H](CCCN=C(N)N)NC(=O)[C@H](Cc2ccccc2)NC(=O)OCc2ccccc2)cc(C(=O)OC)c1. The summed E-state index contributed by atoms with van der Waals surface area (Å²) in [6, 6.07) is 20.1. The molecule has 0 spiro atoms. The first-order valence-electron chi connectivity index (χ1n) is 14.7. The van der Waals surface area contributed by atoms with E-state index < -0.39 is 41.9 Å². The number of nitrogens with zero attached hydrogens (tertiary/aromatic N) is 1. The number of hydrogen-bond acceptors (Lipinski definition) is 10. The van der Waals surface area contributed by atoms with Gasteiger partial charge < -0.3 is 36.3 Å². The van der Waals surface area contributed by atoms with E-state index in [-0.39, 0.29) is 60.1 Å². The molecule has 3 aromatic rings. The maximum atomic E-state index is 13.7. The molecule has 0 bridgehead atoms. The summed E-state index contributed by atoms with van der Waals surface area (Å²) >= 11 is 0.815. The number of ether oxygens (including phenoxy) is 3. The van der Waals surface area contributed by atoms with Crippen molar-refractivity contribution in [2.75, 3.05) is 20.8 Å². The van der Waals surface area contributed by atoms with E-state index in [0.717, 1.165) is 23.1 Å². The molecule has 0 fully saturated rings. The number of methoxy groups -OCH3 is 2. The zero-order valence-electron chi connectivity index (χ0n) is 26.9. The molecule has 0 aliphatic carbocycles. The molecule has 3 aromatic carbocycles. The molecule has 0 saturated heterocycles. The highest BCUT2D eigenvalue weighted by Crippen LogP contribution is 2.21. The van der Waals surface area contributed by atoms with Gasteiger partial charge in [-0.1, -0.05) is 60.7 Å². The van der Waals surface area contributed by atoms with E-state index in [9.17, 15) is 24.0 Å². The van der Waals surface area contributed by atoms with Crippen LogP contribution in [-0.4, -0.2) is 68.7 Å². The Morgan fingerprint density at radius 3 is 1.90 bits per heavy atom. The van der Waals surface area contributed by atoms with Gasteiger partial charge in [-0.05, 0) is 54.1 Å². The number of carbonyl (C=O) groups excluding carboxylic acids is 5. The van der Waals surface area contributed by atoms with Gasteiger partial charge in [0.05, 0.1) is 25.3 Å². The number of esters is 2. The Bertz CT molecular complexity index is 1560. The molecule has 16 heteroatoms. The standard InChI is InChI=1S/C33H38N6O8S.BrH/c1-45-30(42)23-17-24(31(43)46-2)19-25(18-23)48-39-29(41)26(14-9-15-36-32(34)35)37-28(40)27(16-21-10-5-3-6-11-21)38-33(44)47-20-22-12-7-4-8-13-22;/h3-8,10-13,17-19,26-27H,9,14-16,20H2,1-2H3,(H,37,40)(H,38,44)(H,39,41)(H4,34,35,36);1H/t26-,27-;/m0./s1.